The van der Waals surface area contributed by atoms with Crippen molar-refractivity contribution in [3.8, 4) is 28.7 Å². The molecule has 27 heavy (non-hydrogen) atoms. The van der Waals surface area contributed by atoms with Crippen LogP contribution in [0.1, 0.15) is 30.3 Å². The van der Waals surface area contributed by atoms with Crippen LogP contribution in [0.15, 0.2) is 40.3 Å². The Morgan fingerprint density at radius 2 is 2.15 bits per heavy atom. The third-order valence-corrected chi connectivity index (χ3v) is 5.82. The summed E-state index contributed by atoms with van der Waals surface area (Å²) in [5, 5.41) is 12.6. The van der Waals surface area contributed by atoms with Crippen molar-refractivity contribution in [1.29, 1.82) is 0 Å². The normalized spacial score (nSPS) is 15.1. The third-order valence-electron chi connectivity index (χ3n) is 5.09. The van der Waals surface area contributed by atoms with Gasteiger partial charge in [-0.25, -0.2) is 4.98 Å². The van der Waals surface area contributed by atoms with Crippen LogP contribution in [0.25, 0.3) is 28.7 Å². The number of fused-ring (bicyclic) bond motifs is 5. The number of thioether (sulfide) groups is 1. The molecule has 0 atom stereocenters. The second-order valence-corrected chi connectivity index (χ2v) is 7.69. The molecule has 1 saturated carbocycles. The van der Waals surface area contributed by atoms with Crippen LogP contribution in [-0.4, -0.2) is 40.7 Å². The van der Waals surface area contributed by atoms with Gasteiger partial charge in [-0.2, -0.15) is 4.98 Å². The van der Waals surface area contributed by atoms with Gasteiger partial charge in [0.2, 0.25) is 0 Å². The molecule has 0 N–H and O–H groups in total. The summed E-state index contributed by atoms with van der Waals surface area (Å²) in [5.41, 5.74) is 3.76. The third kappa shape index (κ3) is 2.27. The summed E-state index contributed by atoms with van der Waals surface area (Å²) >= 11 is 1.70. The van der Waals surface area contributed by atoms with E-state index in [1.165, 1.54) is 4.90 Å². The minimum atomic E-state index is 0.443. The fourth-order valence-electron chi connectivity index (χ4n) is 3.52. The summed E-state index contributed by atoms with van der Waals surface area (Å²) in [6.07, 6.45) is 7.91. The summed E-state index contributed by atoms with van der Waals surface area (Å²) in [6.45, 7) is 0.585. The monoisotopic (exact) mass is 377 g/mol. The number of nitrogens with zero attached hydrogens (tertiary/aromatic N) is 7. The fourth-order valence-corrected chi connectivity index (χ4v) is 3.96. The molecule has 0 saturated heterocycles. The van der Waals surface area contributed by atoms with Crippen molar-refractivity contribution >= 4 is 11.8 Å². The van der Waals surface area contributed by atoms with Gasteiger partial charge < -0.3 is 9.09 Å². The Morgan fingerprint density at radius 3 is 3.00 bits per heavy atom. The Balaban J connectivity index is 1.56. The first-order chi connectivity index (χ1) is 13.3. The topological polar surface area (TPSA) is 87.4 Å². The number of aromatic nitrogens is 7. The lowest BCUT2D eigenvalue weighted by Crippen LogP contribution is -2.03. The summed E-state index contributed by atoms with van der Waals surface area (Å²) < 4.78 is 9.65. The Kier molecular flexibility index (Phi) is 3.10. The molecule has 0 amide bonds. The zero-order chi connectivity index (χ0) is 18.0. The van der Waals surface area contributed by atoms with Gasteiger partial charge in [0.25, 0.3) is 5.89 Å². The molecule has 0 unspecified atom stereocenters. The van der Waals surface area contributed by atoms with E-state index in [2.05, 4.69) is 54.3 Å². The molecule has 1 aromatic carbocycles. The molecule has 0 spiro atoms. The predicted molar refractivity (Wildman–Crippen MR) is 98.7 cm³/mol. The van der Waals surface area contributed by atoms with Gasteiger partial charge in [0, 0.05) is 16.4 Å². The zero-order valence-electron chi connectivity index (χ0n) is 14.5. The lowest BCUT2D eigenvalue weighted by atomic mass is 10.1. The highest BCUT2D eigenvalue weighted by Crippen LogP contribution is 2.40. The van der Waals surface area contributed by atoms with Crippen LogP contribution in [-0.2, 0) is 6.54 Å². The summed E-state index contributed by atoms with van der Waals surface area (Å²) in [4.78, 5) is 10.4. The van der Waals surface area contributed by atoms with Crippen LogP contribution in [0.5, 0.6) is 0 Å². The molecule has 0 bridgehead atoms. The number of hydrogen-bond donors (Lipinski definition) is 0. The van der Waals surface area contributed by atoms with Gasteiger partial charge in [-0.3, -0.25) is 4.57 Å². The van der Waals surface area contributed by atoms with E-state index in [0.29, 0.717) is 18.4 Å². The van der Waals surface area contributed by atoms with Crippen molar-refractivity contribution < 1.29 is 4.52 Å². The Bertz CT molecular complexity index is 1170. The highest BCUT2D eigenvalue weighted by Gasteiger charge is 2.31. The standard InChI is InChI=1S/C18H15N7OS/c1-27-11-4-5-13-12(6-11)17-22-20-9-24(17)7-14-15(19-8-25(13)14)18-21-16(23-26-18)10-2-3-10/h4-6,8-10H,2-3,7H2,1H3. The number of hydrogen-bond acceptors (Lipinski definition) is 7. The van der Waals surface area contributed by atoms with Crippen molar-refractivity contribution in [2.75, 3.05) is 6.26 Å². The molecule has 4 aromatic rings. The minimum absolute atomic E-state index is 0.443. The van der Waals surface area contributed by atoms with Crippen LogP contribution in [0.4, 0.5) is 0 Å². The second kappa shape index (κ2) is 5.53. The molecular weight excluding hydrogens is 362 g/mol. The Labute approximate surface area is 158 Å². The zero-order valence-corrected chi connectivity index (χ0v) is 15.3. The van der Waals surface area contributed by atoms with Gasteiger partial charge in [0.05, 0.1) is 17.9 Å². The molecule has 1 fully saturated rings. The van der Waals surface area contributed by atoms with E-state index < -0.39 is 0 Å². The first-order valence-corrected chi connectivity index (χ1v) is 10.0. The fraction of sp³-hybridized carbons (Fsp3) is 0.278. The van der Waals surface area contributed by atoms with Crippen molar-refractivity contribution in [2.24, 2.45) is 0 Å². The molecule has 3 aromatic heterocycles. The van der Waals surface area contributed by atoms with Gasteiger partial charge in [-0.05, 0) is 37.3 Å². The van der Waals surface area contributed by atoms with E-state index >= 15 is 0 Å². The Hall–Kier alpha value is -2.94. The van der Waals surface area contributed by atoms with Crippen LogP contribution in [0.2, 0.25) is 0 Å². The number of benzene rings is 1. The lowest BCUT2D eigenvalue weighted by Gasteiger charge is -2.09. The van der Waals surface area contributed by atoms with Crippen molar-refractivity contribution in [1.82, 2.24) is 34.5 Å². The SMILES string of the molecule is CSc1ccc2c(c1)-c1nncn1Cc1c(-c3nc(C4CC4)no3)ncn1-2. The van der Waals surface area contributed by atoms with Crippen LogP contribution >= 0.6 is 11.8 Å². The first-order valence-electron chi connectivity index (χ1n) is 8.78. The van der Waals surface area contributed by atoms with Crippen LogP contribution in [0, 0.1) is 0 Å². The van der Waals surface area contributed by atoms with E-state index in [1.807, 2.05) is 10.9 Å². The van der Waals surface area contributed by atoms with E-state index in [1.54, 1.807) is 18.1 Å². The van der Waals surface area contributed by atoms with E-state index in [0.717, 1.165) is 47.1 Å². The molecule has 6 rings (SSSR count). The number of imidazole rings is 1. The molecule has 9 heteroatoms. The van der Waals surface area contributed by atoms with Gasteiger partial charge in [0.1, 0.15) is 12.7 Å². The quantitative estimate of drug-likeness (QED) is 0.446. The first kappa shape index (κ1) is 15.2. The number of rotatable bonds is 3. The van der Waals surface area contributed by atoms with Crippen LogP contribution < -0.4 is 0 Å². The molecule has 2 aliphatic rings. The smallest absolute Gasteiger partial charge is 0.278 e. The predicted octanol–water partition coefficient (Wildman–Crippen LogP) is 3.14. The molecule has 1 aliphatic carbocycles. The molecule has 134 valence electrons. The average Bonchev–Trinajstić information content (AvgIpc) is 3.11. The largest absolute Gasteiger partial charge is 0.332 e. The highest BCUT2D eigenvalue weighted by molar-refractivity contribution is 7.98. The van der Waals surface area contributed by atoms with Crippen LogP contribution in [0.3, 0.4) is 0 Å². The van der Waals surface area contributed by atoms with Crippen molar-refractivity contribution in [3.63, 3.8) is 0 Å². The Morgan fingerprint density at radius 1 is 1.22 bits per heavy atom. The van der Waals surface area contributed by atoms with Gasteiger partial charge in [-0.15, -0.1) is 22.0 Å². The summed E-state index contributed by atoms with van der Waals surface area (Å²) in [7, 11) is 0. The van der Waals surface area contributed by atoms with Gasteiger partial charge in [0.15, 0.2) is 17.3 Å². The maximum atomic E-state index is 5.53. The van der Waals surface area contributed by atoms with E-state index in [4.69, 9.17) is 4.52 Å². The minimum Gasteiger partial charge on any atom is -0.332 e. The maximum absolute atomic E-state index is 5.53. The summed E-state index contributed by atoms with van der Waals surface area (Å²) in [6, 6.07) is 6.36. The molecule has 4 heterocycles. The van der Waals surface area contributed by atoms with Crippen molar-refractivity contribution in [3.05, 3.63) is 42.4 Å². The van der Waals surface area contributed by atoms with E-state index in [-0.39, 0.29) is 0 Å². The van der Waals surface area contributed by atoms with Gasteiger partial charge >= 0.3 is 0 Å². The molecule has 8 nitrogen and oxygen atoms in total. The van der Waals surface area contributed by atoms with E-state index in [9.17, 15) is 0 Å². The maximum Gasteiger partial charge on any atom is 0.278 e. The highest BCUT2D eigenvalue weighted by atomic mass is 32.2. The second-order valence-electron chi connectivity index (χ2n) is 6.81. The molecule has 1 aliphatic heterocycles. The average molecular weight is 377 g/mol. The molecule has 0 radical (unpaired) electrons. The van der Waals surface area contributed by atoms with Gasteiger partial charge in [-0.1, -0.05) is 5.16 Å². The summed E-state index contributed by atoms with van der Waals surface area (Å²) in [5.74, 6) is 2.55. The van der Waals surface area contributed by atoms with Crippen molar-refractivity contribution in [2.45, 2.75) is 30.2 Å². The lowest BCUT2D eigenvalue weighted by molar-refractivity contribution is 0.421. The molecular formula is C18H15N7OS.